The van der Waals surface area contributed by atoms with E-state index in [4.69, 9.17) is 14.1 Å². The third-order valence-corrected chi connectivity index (χ3v) is 6.39. The number of thioether (sulfide) groups is 1. The second-order valence-corrected chi connectivity index (χ2v) is 8.85. The van der Waals surface area contributed by atoms with Crippen LogP contribution in [0.3, 0.4) is 0 Å². The van der Waals surface area contributed by atoms with Gasteiger partial charge in [-0.2, -0.15) is 0 Å². The highest BCUT2D eigenvalue weighted by Crippen LogP contribution is 2.29. The van der Waals surface area contributed by atoms with E-state index in [0.29, 0.717) is 40.0 Å². The molecule has 3 aromatic carbocycles. The van der Waals surface area contributed by atoms with Crippen LogP contribution in [0.5, 0.6) is 5.75 Å². The first-order chi connectivity index (χ1) is 17.0. The number of hydrogen-bond acceptors (Lipinski definition) is 6. The summed E-state index contributed by atoms with van der Waals surface area (Å²) in [5.74, 6) is 0.429. The highest BCUT2D eigenvalue weighted by Gasteiger charge is 2.20. The zero-order chi connectivity index (χ0) is 24.4. The number of amides is 1. The molecule has 0 saturated carbocycles. The molecule has 0 fully saturated rings. The summed E-state index contributed by atoms with van der Waals surface area (Å²) in [6.07, 6.45) is 0. The van der Waals surface area contributed by atoms with Gasteiger partial charge in [-0.25, -0.2) is 4.98 Å². The molecule has 35 heavy (non-hydrogen) atoms. The van der Waals surface area contributed by atoms with E-state index in [0.717, 1.165) is 10.9 Å². The first-order valence-corrected chi connectivity index (χ1v) is 12.2. The number of carbonyl (C=O) groups excluding carboxylic acids is 1. The normalized spacial score (nSPS) is 11.1. The highest BCUT2D eigenvalue weighted by molar-refractivity contribution is 7.99. The molecule has 0 radical (unpaired) electrons. The van der Waals surface area contributed by atoms with Crippen LogP contribution in [-0.2, 0) is 4.79 Å². The summed E-state index contributed by atoms with van der Waals surface area (Å²) < 4.78 is 13.0. The summed E-state index contributed by atoms with van der Waals surface area (Å²) in [6.45, 7) is 4.36. The topological polar surface area (TPSA) is 86.4 Å². The maximum atomic E-state index is 13.6. The summed E-state index contributed by atoms with van der Waals surface area (Å²) in [6, 6.07) is 22.3. The molecule has 0 atom stereocenters. The Bertz CT molecular complexity index is 1590. The zero-order valence-corrected chi connectivity index (χ0v) is 20.1. The van der Waals surface area contributed by atoms with Crippen LogP contribution in [-0.4, -0.2) is 27.8 Å². The van der Waals surface area contributed by atoms with Crippen molar-refractivity contribution >= 4 is 45.4 Å². The van der Waals surface area contributed by atoms with Crippen LogP contribution in [0.15, 0.2) is 87.2 Å². The fourth-order valence-electron chi connectivity index (χ4n) is 3.81. The molecule has 176 valence electrons. The van der Waals surface area contributed by atoms with E-state index in [1.807, 2.05) is 74.5 Å². The molecule has 2 aromatic heterocycles. The van der Waals surface area contributed by atoms with E-state index < -0.39 is 0 Å². The predicted octanol–water partition coefficient (Wildman–Crippen LogP) is 5.57. The van der Waals surface area contributed by atoms with Gasteiger partial charge in [0.1, 0.15) is 16.8 Å². The van der Waals surface area contributed by atoms with E-state index in [1.165, 1.54) is 16.3 Å². The smallest absolute Gasteiger partial charge is 0.302 e. The van der Waals surface area contributed by atoms with Gasteiger partial charge in [-0.3, -0.25) is 14.2 Å². The number of fused-ring (bicyclic) bond motifs is 3. The number of ether oxygens (including phenoxy) is 1. The van der Waals surface area contributed by atoms with Crippen molar-refractivity contribution < 1.29 is 13.9 Å². The number of rotatable bonds is 7. The lowest BCUT2D eigenvalue weighted by atomic mass is 10.2. The third-order valence-electron chi connectivity index (χ3n) is 5.45. The van der Waals surface area contributed by atoms with Gasteiger partial charge in [0.2, 0.25) is 11.5 Å². The minimum atomic E-state index is -0.320. The third kappa shape index (κ3) is 4.52. The largest absolute Gasteiger partial charge is 0.492 e. The minimum absolute atomic E-state index is 0.0556. The van der Waals surface area contributed by atoms with Crippen LogP contribution in [0, 0.1) is 6.92 Å². The highest BCUT2D eigenvalue weighted by atomic mass is 32.2. The number of carbonyl (C=O) groups is 1. The van der Waals surface area contributed by atoms with Crippen molar-refractivity contribution in [1.82, 2.24) is 9.55 Å². The standard InChI is InChI=1S/C27H23N3O4S/c1-3-33-22-11-7-5-9-20(22)28-23(31)16-35-27-29-24-19-8-4-6-10-21(19)34-25(24)26(32)30(27)18-14-12-17(2)13-15-18/h4-15H,3,16H2,1-2H3,(H,28,31). The quantitative estimate of drug-likeness (QED) is 0.240. The molecule has 1 amide bonds. The van der Waals surface area contributed by atoms with Crippen molar-refractivity contribution in [1.29, 1.82) is 0 Å². The summed E-state index contributed by atoms with van der Waals surface area (Å²) in [5.41, 5.74) is 3.26. The first-order valence-electron chi connectivity index (χ1n) is 11.2. The molecule has 5 aromatic rings. The van der Waals surface area contributed by atoms with Crippen molar-refractivity contribution in [3.63, 3.8) is 0 Å². The van der Waals surface area contributed by atoms with Gasteiger partial charge in [0.05, 0.1) is 23.7 Å². The first kappa shape index (κ1) is 22.7. The number of furan rings is 1. The molecule has 0 aliphatic rings. The van der Waals surface area contributed by atoms with Crippen LogP contribution in [0.1, 0.15) is 12.5 Å². The molecule has 2 heterocycles. The van der Waals surface area contributed by atoms with Crippen LogP contribution in [0.4, 0.5) is 5.69 Å². The molecule has 0 bridgehead atoms. The Morgan fingerprint density at radius 3 is 2.60 bits per heavy atom. The molecule has 0 aliphatic carbocycles. The molecule has 0 spiro atoms. The van der Waals surface area contributed by atoms with Gasteiger partial charge in [0, 0.05) is 5.39 Å². The van der Waals surface area contributed by atoms with Crippen molar-refractivity contribution in [3.8, 4) is 11.4 Å². The molecule has 5 rings (SSSR count). The predicted molar refractivity (Wildman–Crippen MR) is 139 cm³/mol. The molecule has 0 unspecified atom stereocenters. The van der Waals surface area contributed by atoms with Gasteiger partial charge in [0.25, 0.3) is 0 Å². The maximum Gasteiger partial charge on any atom is 0.302 e. The Labute approximate surface area is 205 Å². The Hall–Kier alpha value is -4.04. The van der Waals surface area contributed by atoms with E-state index in [2.05, 4.69) is 5.32 Å². The van der Waals surface area contributed by atoms with Gasteiger partial charge in [0.15, 0.2) is 5.16 Å². The SMILES string of the molecule is CCOc1ccccc1NC(=O)CSc1nc2c(oc3ccccc32)c(=O)n1-c1ccc(C)cc1. The van der Waals surface area contributed by atoms with Crippen molar-refractivity contribution in [3.05, 3.63) is 88.7 Å². The minimum Gasteiger partial charge on any atom is -0.492 e. The second kappa shape index (κ2) is 9.68. The fraction of sp³-hybridized carbons (Fsp3) is 0.148. The summed E-state index contributed by atoms with van der Waals surface area (Å²) >= 11 is 1.19. The van der Waals surface area contributed by atoms with Crippen LogP contribution < -0.4 is 15.6 Å². The number of hydrogen-bond donors (Lipinski definition) is 1. The molecule has 1 N–H and O–H groups in total. The van der Waals surface area contributed by atoms with E-state index >= 15 is 0 Å². The number of nitrogens with zero attached hydrogens (tertiary/aromatic N) is 2. The van der Waals surface area contributed by atoms with Gasteiger partial charge in [-0.05, 0) is 50.2 Å². The summed E-state index contributed by atoms with van der Waals surface area (Å²) in [4.78, 5) is 31.2. The number of benzene rings is 3. The molecular weight excluding hydrogens is 462 g/mol. The van der Waals surface area contributed by atoms with Crippen molar-refractivity contribution in [2.45, 2.75) is 19.0 Å². The van der Waals surface area contributed by atoms with Crippen LogP contribution in [0.2, 0.25) is 0 Å². The Kier molecular flexibility index (Phi) is 6.29. The molecule has 7 nitrogen and oxygen atoms in total. The zero-order valence-electron chi connectivity index (χ0n) is 19.3. The van der Waals surface area contributed by atoms with Crippen LogP contribution in [0.25, 0.3) is 27.8 Å². The molecular formula is C27H23N3O4S. The van der Waals surface area contributed by atoms with E-state index in [-0.39, 0.29) is 22.8 Å². The molecule has 8 heteroatoms. The van der Waals surface area contributed by atoms with Gasteiger partial charge in [-0.15, -0.1) is 0 Å². The van der Waals surface area contributed by atoms with E-state index in [9.17, 15) is 9.59 Å². The van der Waals surface area contributed by atoms with Gasteiger partial charge < -0.3 is 14.5 Å². The van der Waals surface area contributed by atoms with Crippen molar-refractivity contribution in [2.24, 2.45) is 0 Å². The number of anilines is 1. The van der Waals surface area contributed by atoms with Gasteiger partial charge in [-0.1, -0.05) is 53.7 Å². The number of aryl methyl sites for hydroxylation is 1. The Morgan fingerprint density at radius 2 is 1.80 bits per heavy atom. The van der Waals surface area contributed by atoms with Crippen LogP contribution >= 0.6 is 11.8 Å². The Balaban J connectivity index is 1.52. The number of nitrogens with one attached hydrogen (secondary N) is 1. The summed E-state index contributed by atoms with van der Waals surface area (Å²) in [5, 5.41) is 4.06. The Morgan fingerprint density at radius 1 is 1.06 bits per heavy atom. The lowest BCUT2D eigenvalue weighted by Gasteiger charge is -2.13. The number of para-hydroxylation sites is 3. The average Bonchev–Trinajstić information content (AvgIpc) is 3.24. The van der Waals surface area contributed by atoms with Gasteiger partial charge >= 0.3 is 5.56 Å². The molecule has 0 saturated heterocycles. The number of aromatic nitrogens is 2. The fourth-order valence-corrected chi connectivity index (χ4v) is 4.61. The lowest BCUT2D eigenvalue weighted by molar-refractivity contribution is -0.113. The molecule has 0 aliphatic heterocycles. The van der Waals surface area contributed by atoms with Crippen molar-refractivity contribution in [2.75, 3.05) is 17.7 Å². The monoisotopic (exact) mass is 485 g/mol. The lowest BCUT2D eigenvalue weighted by Crippen LogP contribution is -2.22. The second-order valence-electron chi connectivity index (χ2n) is 7.91. The average molecular weight is 486 g/mol. The summed E-state index contributed by atoms with van der Waals surface area (Å²) in [7, 11) is 0. The maximum absolute atomic E-state index is 13.6. The van der Waals surface area contributed by atoms with E-state index in [1.54, 1.807) is 12.1 Å².